The Balaban J connectivity index is 1.74. The summed E-state index contributed by atoms with van der Waals surface area (Å²) < 4.78 is 44.5. The molecule has 0 radical (unpaired) electrons. The predicted molar refractivity (Wildman–Crippen MR) is 77.3 cm³/mol. The maximum absolute atomic E-state index is 13.2. The van der Waals surface area contributed by atoms with Gasteiger partial charge in [-0.05, 0) is 25.0 Å². The van der Waals surface area contributed by atoms with Gasteiger partial charge >= 0.3 is 11.8 Å². The van der Waals surface area contributed by atoms with Crippen LogP contribution in [0, 0.1) is 17.5 Å². The van der Waals surface area contributed by atoms with Gasteiger partial charge in [-0.3, -0.25) is 9.59 Å². The van der Waals surface area contributed by atoms with Crippen LogP contribution in [0.25, 0.3) is 0 Å². The third-order valence-electron chi connectivity index (χ3n) is 3.82. The highest BCUT2D eigenvalue weighted by Gasteiger charge is 2.35. The Morgan fingerprint density at radius 2 is 1.92 bits per heavy atom. The molecule has 126 valence electrons. The number of likely N-dealkylation sites (tertiary alicyclic amines) is 1. The Kier molecular flexibility index (Phi) is 4.28. The SMILES string of the molecule is O=C(Nc1cc(F)c(F)c(F)c1)C(=O)N1CCC[C@@H]1c1ccco1. The van der Waals surface area contributed by atoms with Crippen LogP contribution >= 0.6 is 0 Å². The van der Waals surface area contributed by atoms with E-state index < -0.39 is 29.3 Å². The van der Waals surface area contributed by atoms with E-state index in [2.05, 4.69) is 5.32 Å². The van der Waals surface area contributed by atoms with Crippen LogP contribution in [0.5, 0.6) is 0 Å². The van der Waals surface area contributed by atoms with E-state index in [1.807, 2.05) is 0 Å². The van der Waals surface area contributed by atoms with Crippen molar-refractivity contribution in [1.29, 1.82) is 0 Å². The van der Waals surface area contributed by atoms with Crippen molar-refractivity contribution >= 4 is 17.5 Å². The lowest BCUT2D eigenvalue weighted by molar-refractivity contribution is -0.144. The predicted octanol–water partition coefficient (Wildman–Crippen LogP) is 3.00. The van der Waals surface area contributed by atoms with Crippen molar-refractivity contribution in [3.05, 3.63) is 53.7 Å². The van der Waals surface area contributed by atoms with Crippen LogP contribution in [-0.2, 0) is 9.59 Å². The van der Waals surface area contributed by atoms with Gasteiger partial charge in [-0.1, -0.05) is 0 Å². The summed E-state index contributed by atoms with van der Waals surface area (Å²) in [7, 11) is 0. The first kappa shape index (κ1) is 16.1. The molecule has 8 heteroatoms. The van der Waals surface area contributed by atoms with Crippen LogP contribution in [0.1, 0.15) is 24.6 Å². The van der Waals surface area contributed by atoms with E-state index in [0.717, 1.165) is 0 Å². The van der Waals surface area contributed by atoms with Crippen molar-refractivity contribution in [3.8, 4) is 0 Å². The van der Waals surface area contributed by atoms with E-state index in [0.29, 0.717) is 37.3 Å². The summed E-state index contributed by atoms with van der Waals surface area (Å²) >= 11 is 0. The Hall–Kier alpha value is -2.77. The molecule has 1 aromatic heterocycles. The molecule has 1 aliphatic rings. The number of halogens is 3. The number of anilines is 1. The van der Waals surface area contributed by atoms with Crippen molar-refractivity contribution in [1.82, 2.24) is 4.90 Å². The number of nitrogens with one attached hydrogen (secondary N) is 1. The van der Waals surface area contributed by atoms with Gasteiger partial charge in [0.05, 0.1) is 12.3 Å². The molecular formula is C16H13F3N2O3. The molecule has 5 nitrogen and oxygen atoms in total. The van der Waals surface area contributed by atoms with Crippen molar-refractivity contribution in [2.75, 3.05) is 11.9 Å². The lowest BCUT2D eigenvalue weighted by Gasteiger charge is -2.22. The molecule has 1 N–H and O–H groups in total. The highest BCUT2D eigenvalue weighted by molar-refractivity contribution is 6.39. The van der Waals surface area contributed by atoms with Crippen LogP contribution in [-0.4, -0.2) is 23.3 Å². The first-order valence-corrected chi connectivity index (χ1v) is 7.27. The van der Waals surface area contributed by atoms with E-state index in [1.54, 1.807) is 12.1 Å². The van der Waals surface area contributed by atoms with Gasteiger partial charge < -0.3 is 14.6 Å². The molecule has 1 atom stereocenters. The Bertz CT molecular complexity index is 754. The largest absolute Gasteiger partial charge is 0.467 e. The van der Waals surface area contributed by atoms with Crippen LogP contribution in [0.2, 0.25) is 0 Å². The fourth-order valence-electron chi connectivity index (χ4n) is 2.73. The fourth-order valence-corrected chi connectivity index (χ4v) is 2.73. The first-order chi connectivity index (χ1) is 11.5. The molecule has 1 aromatic carbocycles. The van der Waals surface area contributed by atoms with E-state index in [9.17, 15) is 22.8 Å². The minimum absolute atomic E-state index is 0.335. The van der Waals surface area contributed by atoms with Crippen LogP contribution in [0.3, 0.4) is 0 Å². The monoisotopic (exact) mass is 338 g/mol. The van der Waals surface area contributed by atoms with Crippen molar-refractivity contribution in [2.45, 2.75) is 18.9 Å². The zero-order valence-electron chi connectivity index (χ0n) is 12.4. The summed E-state index contributed by atoms with van der Waals surface area (Å²) in [6, 6.07) is 4.24. The third kappa shape index (κ3) is 2.99. The molecule has 0 spiro atoms. The standard InChI is InChI=1S/C16H13F3N2O3/c17-10-7-9(8-11(18)14(10)19)20-15(22)16(23)21-5-1-3-12(21)13-4-2-6-24-13/h2,4,6-8,12H,1,3,5H2,(H,20,22)/t12-/m1/s1. The second-order valence-corrected chi connectivity index (χ2v) is 5.38. The molecule has 1 fully saturated rings. The van der Waals surface area contributed by atoms with Gasteiger partial charge in [0.1, 0.15) is 5.76 Å². The molecule has 0 bridgehead atoms. The molecule has 0 saturated carbocycles. The van der Waals surface area contributed by atoms with Gasteiger partial charge in [0.15, 0.2) is 17.5 Å². The van der Waals surface area contributed by atoms with Crippen LogP contribution < -0.4 is 5.32 Å². The quantitative estimate of drug-likeness (QED) is 0.676. The zero-order valence-corrected chi connectivity index (χ0v) is 12.4. The number of benzene rings is 1. The maximum Gasteiger partial charge on any atom is 0.313 e. The molecule has 3 rings (SSSR count). The van der Waals surface area contributed by atoms with Crippen molar-refractivity contribution in [2.24, 2.45) is 0 Å². The van der Waals surface area contributed by atoms with Gasteiger partial charge in [-0.25, -0.2) is 13.2 Å². The number of nitrogens with zero attached hydrogens (tertiary/aromatic N) is 1. The average Bonchev–Trinajstić information content (AvgIpc) is 3.22. The summed E-state index contributed by atoms with van der Waals surface area (Å²) in [4.78, 5) is 25.7. The molecule has 0 unspecified atom stereocenters. The number of carbonyl (C=O) groups is 2. The van der Waals surface area contributed by atoms with Gasteiger partial charge in [0, 0.05) is 24.4 Å². The highest BCUT2D eigenvalue weighted by Crippen LogP contribution is 2.32. The van der Waals surface area contributed by atoms with E-state index >= 15 is 0 Å². The number of hydrogen-bond acceptors (Lipinski definition) is 3. The van der Waals surface area contributed by atoms with E-state index in [-0.39, 0.29) is 11.7 Å². The molecule has 1 saturated heterocycles. The number of hydrogen-bond donors (Lipinski definition) is 1. The van der Waals surface area contributed by atoms with E-state index in [1.165, 1.54) is 11.2 Å². The highest BCUT2D eigenvalue weighted by atomic mass is 19.2. The topological polar surface area (TPSA) is 62.6 Å². The molecule has 0 aliphatic carbocycles. The van der Waals surface area contributed by atoms with Gasteiger partial charge in [0.2, 0.25) is 0 Å². The summed E-state index contributed by atoms with van der Waals surface area (Å²) in [5.74, 6) is -5.89. The van der Waals surface area contributed by atoms with Gasteiger partial charge in [-0.15, -0.1) is 0 Å². The molecule has 24 heavy (non-hydrogen) atoms. The van der Waals surface area contributed by atoms with Gasteiger partial charge in [0.25, 0.3) is 0 Å². The van der Waals surface area contributed by atoms with Crippen LogP contribution in [0.4, 0.5) is 18.9 Å². The van der Waals surface area contributed by atoms with Gasteiger partial charge in [-0.2, -0.15) is 0 Å². The number of carbonyl (C=O) groups excluding carboxylic acids is 2. The normalized spacial score (nSPS) is 17.1. The summed E-state index contributed by atoms with van der Waals surface area (Å²) in [5.41, 5.74) is -0.335. The zero-order chi connectivity index (χ0) is 17.3. The minimum atomic E-state index is -1.64. The Morgan fingerprint density at radius 1 is 1.21 bits per heavy atom. The fraction of sp³-hybridized carbons (Fsp3) is 0.250. The number of furan rings is 1. The third-order valence-corrected chi connectivity index (χ3v) is 3.82. The lowest BCUT2D eigenvalue weighted by Crippen LogP contribution is -2.39. The molecule has 2 amide bonds. The Morgan fingerprint density at radius 3 is 2.54 bits per heavy atom. The Labute approximate surface area is 135 Å². The molecule has 2 heterocycles. The second kappa shape index (κ2) is 6.38. The summed E-state index contributed by atoms with van der Waals surface area (Å²) in [5, 5.41) is 2.09. The van der Waals surface area contributed by atoms with E-state index in [4.69, 9.17) is 4.42 Å². The maximum atomic E-state index is 13.2. The van der Waals surface area contributed by atoms with Crippen molar-refractivity contribution in [3.63, 3.8) is 0 Å². The molecular weight excluding hydrogens is 325 g/mol. The minimum Gasteiger partial charge on any atom is -0.467 e. The second-order valence-electron chi connectivity index (χ2n) is 5.38. The number of amides is 2. The summed E-state index contributed by atoms with van der Waals surface area (Å²) in [6.45, 7) is 0.365. The number of rotatable bonds is 2. The molecule has 1 aliphatic heterocycles. The summed E-state index contributed by atoms with van der Waals surface area (Å²) in [6.07, 6.45) is 2.82. The first-order valence-electron chi connectivity index (χ1n) is 7.27. The lowest BCUT2D eigenvalue weighted by atomic mass is 10.1. The van der Waals surface area contributed by atoms with Crippen molar-refractivity contribution < 1.29 is 27.2 Å². The average molecular weight is 338 g/mol. The smallest absolute Gasteiger partial charge is 0.313 e. The molecule has 2 aromatic rings. The van der Waals surface area contributed by atoms with Crippen LogP contribution in [0.15, 0.2) is 34.9 Å².